The average molecular weight is 437 g/mol. The molecule has 1 aliphatic heterocycles. The van der Waals surface area contributed by atoms with Gasteiger partial charge in [0.05, 0.1) is 22.7 Å². The molecule has 2 atom stereocenters. The Labute approximate surface area is 183 Å². The summed E-state index contributed by atoms with van der Waals surface area (Å²) in [5.74, 6) is 2.44. The van der Waals surface area contributed by atoms with Gasteiger partial charge in [-0.2, -0.15) is 0 Å². The number of aromatic nitrogens is 1. The molecule has 0 unspecified atom stereocenters. The number of nitrogens with zero attached hydrogens (tertiary/aromatic N) is 2. The standard InChI is InChI=1S/C24H40N2O3S/c1-18-15-26(16-19(2)29-18)23-13-12-21(14-25-23)9-6-20-7-10-22(11-8-20)17-30(27,28)24(3,4)5/h12-14,18-20,22H,6-11,15-17H2,1-5H3/t18-,19-,20?,22?/m1/s1. The van der Waals surface area contributed by atoms with Gasteiger partial charge in [0.25, 0.3) is 0 Å². The van der Waals surface area contributed by atoms with Crippen LogP contribution < -0.4 is 4.90 Å². The van der Waals surface area contributed by atoms with Crippen LogP contribution in [0.25, 0.3) is 0 Å². The van der Waals surface area contributed by atoms with Crippen molar-refractivity contribution in [1.29, 1.82) is 0 Å². The summed E-state index contributed by atoms with van der Waals surface area (Å²) in [6.07, 6.45) is 9.13. The van der Waals surface area contributed by atoms with Crippen molar-refractivity contribution in [3.63, 3.8) is 0 Å². The Bertz CT molecular complexity index is 768. The molecule has 0 aromatic carbocycles. The van der Waals surface area contributed by atoms with Crippen LogP contribution in [0.5, 0.6) is 0 Å². The van der Waals surface area contributed by atoms with E-state index in [1.165, 1.54) is 12.0 Å². The molecular formula is C24H40N2O3S. The van der Waals surface area contributed by atoms with Gasteiger partial charge in [0, 0.05) is 19.3 Å². The second kappa shape index (κ2) is 9.56. The van der Waals surface area contributed by atoms with Crippen LogP contribution in [0.4, 0.5) is 5.82 Å². The third-order valence-corrected chi connectivity index (χ3v) is 9.52. The highest BCUT2D eigenvalue weighted by molar-refractivity contribution is 7.92. The highest BCUT2D eigenvalue weighted by Gasteiger charge is 2.33. The summed E-state index contributed by atoms with van der Waals surface area (Å²) in [4.78, 5) is 7.03. The monoisotopic (exact) mass is 436 g/mol. The van der Waals surface area contributed by atoms with Crippen LogP contribution in [0.2, 0.25) is 0 Å². The molecule has 0 N–H and O–H groups in total. The minimum absolute atomic E-state index is 0.240. The molecule has 0 amide bonds. The fourth-order valence-corrected chi connectivity index (χ4v) is 6.19. The van der Waals surface area contributed by atoms with E-state index in [0.29, 0.717) is 17.6 Å². The van der Waals surface area contributed by atoms with Crippen LogP contribution in [-0.2, 0) is 21.0 Å². The first kappa shape index (κ1) is 23.5. The van der Waals surface area contributed by atoms with Crippen molar-refractivity contribution in [2.45, 2.75) is 90.1 Å². The second-order valence-electron chi connectivity index (χ2n) is 10.5. The molecule has 2 fully saturated rings. The van der Waals surface area contributed by atoms with Gasteiger partial charge in [0.2, 0.25) is 0 Å². The molecule has 1 saturated carbocycles. The molecule has 30 heavy (non-hydrogen) atoms. The van der Waals surface area contributed by atoms with Gasteiger partial charge in [-0.15, -0.1) is 0 Å². The number of hydrogen-bond acceptors (Lipinski definition) is 5. The second-order valence-corrected chi connectivity index (χ2v) is 13.3. The van der Waals surface area contributed by atoms with E-state index in [1.54, 1.807) is 0 Å². The normalized spacial score (nSPS) is 28.5. The van der Waals surface area contributed by atoms with Gasteiger partial charge in [0.1, 0.15) is 5.82 Å². The minimum Gasteiger partial charge on any atom is -0.372 e. The van der Waals surface area contributed by atoms with Crippen molar-refractivity contribution < 1.29 is 13.2 Å². The first-order valence-corrected chi connectivity index (χ1v) is 13.3. The quantitative estimate of drug-likeness (QED) is 0.650. The van der Waals surface area contributed by atoms with Gasteiger partial charge in [-0.1, -0.05) is 18.9 Å². The van der Waals surface area contributed by atoms with E-state index in [0.717, 1.165) is 51.0 Å². The predicted octanol–water partition coefficient (Wildman–Crippen LogP) is 4.65. The van der Waals surface area contributed by atoms with Crippen LogP contribution in [0, 0.1) is 11.8 Å². The van der Waals surface area contributed by atoms with Crippen molar-refractivity contribution in [2.75, 3.05) is 23.7 Å². The molecule has 0 radical (unpaired) electrons. The number of pyridine rings is 1. The van der Waals surface area contributed by atoms with Gasteiger partial charge in [-0.05, 0) is 83.8 Å². The molecule has 1 aliphatic carbocycles. The van der Waals surface area contributed by atoms with E-state index < -0.39 is 14.6 Å². The van der Waals surface area contributed by atoms with E-state index in [2.05, 4.69) is 30.9 Å². The van der Waals surface area contributed by atoms with E-state index in [1.807, 2.05) is 27.0 Å². The number of sulfone groups is 1. The molecule has 2 heterocycles. The van der Waals surface area contributed by atoms with E-state index in [-0.39, 0.29) is 12.2 Å². The van der Waals surface area contributed by atoms with Gasteiger partial charge in [0.15, 0.2) is 9.84 Å². The van der Waals surface area contributed by atoms with Crippen LogP contribution in [0.1, 0.15) is 72.3 Å². The lowest BCUT2D eigenvalue weighted by molar-refractivity contribution is -0.00546. The minimum atomic E-state index is -3.01. The lowest BCUT2D eigenvalue weighted by Crippen LogP contribution is -2.45. The Morgan fingerprint density at radius 2 is 1.63 bits per heavy atom. The SMILES string of the molecule is C[C@@H]1CN(c2ccc(CCC3CCC(CS(=O)(=O)C(C)(C)C)CC3)cn2)C[C@@H](C)O1. The fraction of sp³-hybridized carbons (Fsp3) is 0.792. The molecule has 3 rings (SSSR count). The van der Waals surface area contributed by atoms with Crippen LogP contribution in [-0.4, -0.2) is 49.2 Å². The van der Waals surface area contributed by atoms with Gasteiger partial charge in [-0.3, -0.25) is 0 Å². The summed E-state index contributed by atoms with van der Waals surface area (Å²) in [7, 11) is -3.01. The third-order valence-electron chi connectivity index (χ3n) is 6.75. The number of hydrogen-bond donors (Lipinski definition) is 0. The van der Waals surface area contributed by atoms with E-state index in [9.17, 15) is 8.42 Å². The zero-order valence-electron chi connectivity index (χ0n) is 19.4. The zero-order chi connectivity index (χ0) is 21.9. The molecule has 6 heteroatoms. The smallest absolute Gasteiger partial charge is 0.155 e. The Morgan fingerprint density at radius 1 is 1.03 bits per heavy atom. The van der Waals surface area contributed by atoms with Crippen LogP contribution >= 0.6 is 0 Å². The molecule has 0 bridgehead atoms. The summed E-state index contributed by atoms with van der Waals surface area (Å²) < 4.78 is 30.1. The Balaban J connectivity index is 1.44. The van der Waals surface area contributed by atoms with Crippen molar-refractivity contribution in [1.82, 2.24) is 4.98 Å². The van der Waals surface area contributed by atoms with Gasteiger partial charge >= 0.3 is 0 Å². The maximum absolute atomic E-state index is 12.5. The van der Waals surface area contributed by atoms with Gasteiger partial charge < -0.3 is 9.64 Å². The largest absolute Gasteiger partial charge is 0.372 e. The van der Waals surface area contributed by atoms with Crippen molar-refractivity contribution >= 4 is 15.7 Å². The highest BCUT2D eigenvalue weighted by atomic mass is 32.2. The molecule has 170 valence electrons. The maximum atomic E-state index is 12.5. The highest BCUT2D eigenvalue weighted by Crippen LogP contribution is 2.34. The summed E-state index contributed by atoms with van der Waals surface area (Å²) >= 11 is 0. The average Bonchev–Trinajstić information content (AvgIpc) is 2.66. The summed E-state index contributed by atoms with van der Waals surface area (Å²) in [6.45, 7) is 11.5. The van der Waals surface area contributed by atoms with Crippen molar-refractivity contribution in [3.05, 3.63) is 23.9 Å². The molecule has 5 nitrogen and oxygen atoms in total. The fourth-order valence-electron chi connectivity index (χ4n) is 4.73. The topological polar surface area (TPSA) is 59.5 Å². The van der Waals surface area contributed by atoms with Gasteiger partial charge in [-0.25, -0.2) is 13.4 Å². The van der Waals surface area contributed by atoms with E-state index >= 15 is 0 Å². The summed E-state index contributed by atoms with van der Waals surface area (Å²) in [5.41, 5.74) is 1.30. The number of ether oxygens (including phenoxy) is 1. The van der Waals surface area contributed by atoms with E-state index in [4.69, 9.17) is 9.72 Å². The predicted molar refractivity (Wildman–Crippen MR) is 124 cm³/mol. The van der Waals surface area contributed by atoms with Crippen LogP contribution in [0.15, 0.2) is 18.3 Å². The lowest BCUT2D eigenvalue weighted by atomic mass is 9.80. The summed E-state index contributed by atoms with van der Waals surface area (Å²) in [5, 5.41) is 0. The number of rotatable bonds is 6. The van der Waals surface area contributed by atoms with Crippen molar-refractivity contribution in [2.24, 2.45) is 11.8 Å². The molecule has 1 aromatic heterocycles. The lowest BCUT2D eigenvalue weighted by Gasteiger charge is -2.36. The number of aryl methyl sites for hydroxylation is 1. The molecule has 2 aliphatic rings. The Hall–Kier alpha value is -1.14. The third kappa shape index (κ3) is 6.19. The Kier molecular flexibility index (Phi) is 7.49. The van der Waals surface area contributed by atoms with Crippen LogP contribution in [0.3, 0.4) is 0 Å². The molecular weight excluding hydrogens is 396 g/mol. The molecule has 0 spiro atoms. The Morgan fingerprint density at radius 3 is 2.17 bits per heavy atom. The number of morpholine rings is 1. The summed E-state index contributed by atoms with van der Waals surface area (Å²) in [6, 6.07) is 4.36. The first-order chi connectivity index (χ1) is 14.0. The first-order valence-electron chi connectivity index (χ1n) is 11.6. The molecule has 1 saturated heterocycles. The maximum Gasteiger partial charge on any atom is 0.155 e. The van der Waals surface area contributed by atoms with Crippen molar-refractivity contribution in [3.8, 4) is 0 Å². The number of anilines is 1. The zero-order valence-corrected chi connectivity index (χ0v) is 20.2. The molecule has 1 aromatic rings.